The summed E-state index contributed by atoms with van der Waals surface area (Å²) in [5.41, 5.74) is 3.04. The zero-order valence-electron chi connectivity index (χ0n) is 16.4. The van der Waals surface area contributed by atoms with Crippen LogP contribution >= 0.6 is 0 Å². The Morgan fingerprint density at radius 1 is 1.06 bits per heavy atom. The number of halogens is 1. The molecule has 1 amide bonds. The Labute approximate surface area is 178 Å². The van der Waals surface area contributed by atoms with Crippen molar-refractivity contribution in [2.24, 2.45) is 0 Å². The van der Waals surface area contributed by atoms with Crippen molar-refractivity contribution in [1.82, 2.24) is 4.57 Å². The van der Waals surface area contributed by atoms with Crippen molar-refractivity contribution in [3.05, 3.63) is 102 Å². The lowest BCUT2D eigenvalue weighted by atomic mass is 10.1. The number of nitrogens with one attached hydrogen (secondary N) is 1. The molecule has 0 unspecified atom stereocenters. The molecule has 4 aromatic rings. The minimum absolute atomic E-state index is 0.0437. The summed E-state index contributed by atoms with van der Waals surface area (Å²) >= 11 is 0. The van der Waals surface area contributed by atoms with Crippen molar-refractivity contribution in [2.75, 3.05) is 5.32 Å². The number of carbonyl (C=O) groups excluding carboxylic acids is 1. The molecular weight excluding hydrogens is 393 g/mol. The van der Waals surface area contributed by atoms with E-state index in [9.17, 15) is 19.6 Å². The molecule has 0 radical (unpaired) electrons. The second kappa shape index (κ2) is 8.56. The van der Waals surface area contributed by atoms with E-state index in [0.717, 1.165) is 22.0 Å². The van der Waals surface area contributed by atoms with E-state index in [1.807, 2.05) is 41.1 Å². The highest BCUT2D eigenvalue weighted by atomic mass is 19.1. The Morgan fingerprint density at radius 3 is 2.48 bits per heavy atom. The third-order valence-corrected chi connectivity index (χ3v) is 4.88. The Bertz CT molecular complexity index is 1310. The molecule has 6 heteroatoms. The van der Waals surface area contributed by atoms with E-state index in [-0.39, 0.29) is 17.1 Å². The highest BCUT2D eigenvalue weighted by Gasteiger charge is 2.13. The van der Waals surface area contributed by atoms with E-state index >= 15 is 0 Å². The van der Waals surface area contributed by atoms with E-state index in [0.29, 0.717) is 12.2 Å². The molecule has 0 saturated carbocycles. The number of hydrogen-bond acceptors (Lipinski definition) is 3. The van der Waals surface area contributed by atoms with Gasteiger partial charge in [0.15, 0.2) is 0 Å². The average molecular weight is 411 g/mol. The quantitative estimate of drug-likeness (QED) is 0.273. The first kappa shape index (κ1) is 19.9. The van der Waals surface area contributed by atoms with Gasteiger partial charge in [0.1, 0.15) is 23.2 Å². The molecule has 2 N–H and O–H groups in total. The molecule has 0 aliphatic heterocycles. The van der Waals surface area contributed by atoms with Crippen LogP contribution in [0.3, 0.4) is 0 Å². The number of aromatic hydroxyl groups is 1. The van der Waals surface area contributed by atoms with Crippen molar-refractivity contribution in [1.29, 1.82) is 5.26 Å². The maximum Gasteiger partial charge on any atom is 0.266 e. The van der Waals surface area contributed by atoms with Crippen molar-refractivity contribution in [3.63, 3.8) is 0 Å². The van der Waals surface area contributed by atoms with Crippen LogP contribution in [-0.4, -0.2) is 15.6 Å². The normalized spacial score (nSPS) is 11.3. The molecule has 0 aliphatic carbocycles. The van der Waals surface area contributed by atoms with Crippen LogP contribution < -0.4 is 5.32 Å². The van der Waals surface area contributed by atoms with Crippen LogP contribution in [0.1, 0.15) is 11.1 Å². The third-order valence-electron chi connectivity index (χ3n) is 4.88. The number of nitriles is 1. The van der Waals surface area contributed by atoms with E-state index in [2.05, 4.69) is 5.32 Å². The number of benzene rings is 3. The lowest BCUT2D eigenvalue weighted by Crippen LogP contribution is -2.13. The lowest BCUT2D eigenvalue weighted by molar-refractivity contribution is -0.112. The summed E-state index contributed by atoms with van der Waals surface area (Å²) in [4.78, 5) is 12.6. The number of aromatic nitrogens is 1. The van der Waals surface area contributed by atoms with Crippen molar-refractivity contribution >= 4 is 28.6 Å². The highest BCUT2D eigenvalue weighted by molar-refractivity contribution is 6.10. The number of fused-ring (bicyclic) bond motifs is 1. The third kappa shape index (κ3) is 4.46. The molecule has 0 spiro atoms. The number of rotatable bonds is 5. The molecule has 0 saturated heterocycles. The SMILES string of the molecule is N#C/C(=C\c1cn(Cc2ccc(F)cc2)c2ccccc12)C(=O)Nc1ccc(O)cc1. The largest absolute Gasteiger partial charge is 0.508 e. The Balaban J connectivity index is 1.66. The zero-order valence-corrected chi connectivity index (χ0v) is 16.4. The molecule has 0 fully saturated rings. The number of para-hydroxylation sites is 1. The summed E-state index contributed by atoms with van der Waals surface area (Å²) in [7, 11) is 0. The van der Waals surface area contributed by atoms with E-state index in [1.165, 1.54) is 24.3 Å². The van der Waals surface area contributed by atoms with Gasteiger partial charge in [-0.15, -0.1) is 0 Å². The molecular formula is C25H18FN3O2. The van der Waals surface area contributed by atoms with Gasteiger partial charge in [0.2, 0.25) is 0 Å². The van der Waals surface area contributed by atoms with Crippen molar-refractivity contribution in [3.8, 4) is 11.8 Å². The number of amides is 1. The van der Waals surface area contributed by atoms with Gasteiger partial charge >= 0.3 is 0 Å². The smallest absolute Gasteiger partial charge is 0.266 e. The number of phenols is 1. The van der Waals surface area contributed by atoms with Gasteiger partial charge in [-0.2, -0.15) is 5.26 Å². The molecule has 3 aromatic carbocycles. The molecule has 0 aliphatic rings. The van der Waals surface area contributed by atoms with Gasteiger partial charge in [-0.1, -0.05) is 30.3 Å². The molecule has 5 nitrogen and oxygen atoms in total. The molecule has 31 heavy (non-hydrogen) atoms. The highest BCUT2D eigenvalue weighted by Crippen LogP contribution is 2.25. The number of phenolic OH excluding ortho intramolecular Hbond substituents is 1. The van der Waals surface area contributed by atoms with Crippen LogP contribution in [0.5, 0.6) is 5.75 Å². The second-order valence-corrected chi connectivity index (χ2v) is 7.03. The van der Waals surface area contributed by atoms with Crippen LogP contribution in [-0.2, 0) is 11.3 Å². The van der Waals surface area contributed by atoms with Gasteiger partial charge in [-0.3, -0.25) is 4.79 Å². The topological polar surface area (TPSA) is 78.0 Å². The molecule has 0 bridgehead atoms. The van der Waals surface area contributed by atoms with Gasteiger partial charge in [0.05, 0.1) is 0 Å². The zero-order chi connectivity index (χ0) is 21.8. The maximum atomic E-state index is 13.2. The monoisotopic (exact) mass is 411 g/mol. The van der Waals surface area contributed by atoms with Crippen LogP contribution in [0.2, 0.25) is 0 Å². The fourth-order valence-corrected chi connectivity index (χ4v) is 3.35. The second-order valence-electron chi connectivity index (χ2n) is 7.03. The van der Waals surface area contributed by atoms with Crippen LogP contribution in [0.25, 0.3) is 17.0 Å². The van der Waals surface area contributed by atoms with Crippen LogP contribution in [0.4, 0.5) is 10.1 Å². The maximum absolute atomic E-state index is 13.2. The minimum atomic E-state index is -0.538. The van der Waals surface area contributed by atoms with Gasteiger partial charge in [0.25, 0.3) is 5.91 Å². The minimum Gasteiger partial charge on any atom is -0.508 e. The van der Waals surface area contributed by atoms with Crippen molar-refractivity contribution in [2.45, 2.75) is 6.54 Å². The number of hydrogen-bond donors (Lipinski definition) is 2. The number of anilines is 1. The first-order chi connectivity index (χ1) is 15.0. The summed E-state index contributed by atoms with van der Waals surface area (Å²) in [5.74, 6) is -0.741. The standard InChI is InChI=1S/C25H18FN3O2/c26-20-7-5-17(6-8-20)15-29-16-19(23-3-1-2-4-24(23)29)13-18(14-27)25(31)28-21-9-11-22(30)12-10-21/h1-13,16,30H,15H2,(H,28,31)/b18-13+. The fraction of sp³-hybridized carbons (Fsp3) is 0.0400. The van der Waals surface area contributed by atoms with E-state index < -0.39 is 5.91 Å². The predicted molar refractivity (Wildman–Crippen MR) is 118 cm³/mol. The molecule has 0 atom stereocenters. The molecule has 4 rings (SSSR count). The molecule has 1 heterocycles. The first-order valence-electron chi connectivity index (χ1n) is 9.58. The van der Waals surface area contributed by atoms with Crippen LogP contribution in [0, 0.1) is 17.1 Å². The summed E-state index contributed by atoms with van der Waals surface area (Å²) in [6, 6.07) is 22.0. The predicted octanol–water partition coefficient (Wildman–Crippen LogP) is 5.08. The van der Waals surface area contributed by atoms with Gasteiger partial charge < -0.3 is 15.0 Å². The summed E-state index contributed by atoms with van der Waals surface area (Å²) in [6.07, 6.45) is 3.43. The molecule has 152 valence electrons. The number of carbonyl (C=O) groups is 1. The van der Waals surface area contributed by atoms with Gasteiger partial charge in [-0.05, 0) is 54.1 Å². The number of nitrogens with zero attached hydrogens (tertiary/aromatic N) is 2. The van der Waals surface area contributed by atoms with Gasteiger partial charge in [-0.25, -0.2) is 4.39 Å². The Kier molecular flexibility index (Phi) is 5.50. The Hall–Kier alpha value is -4.37. The molecule has 1 aromatic heterocycles. The lowest BCUT2D eigenvalue weighted by Gasteiger charge is -2.05. The van der Waals surface area contributed by atoms with E-state index in [1.54, 1.807) is 30.3 Å². The van der Waals surface area contributed by atoms with Crippen LogP contribution in [0.15, 0.2) is 84.6 Å². The fourth-order valence-electron chi connectivity index (χ4n) is 3.35. The van der Waals surface area contributed by atoms with Gasteiger partial charge in [0, 0.05) is 34.9 Å². The van der Waals surface area contributed by atoms with E-state index in [4.69, 9.17) is 0 Å². The summed E-state index contributed by atoms with van der Waals surface area (Å²) < 4.78 is 15.2. The van der Waals surface area contributed by atoms with Crippen molar-refractivity contribution < 1.29 is 14.3 Å². The average Bonchev–Trinajstić information content (AvgIpc) is 3.12. The Morgan fingerprint density at radius 2 is 1.77 bits per heavy atom. The summed E-state index contributed by atoms with van der Waals surface area (Å²) in [5, 5.41) is 22.5. The first-order valence-corrected chi connectivity index (χ1v) is 9.58. The summed E-state index contributed by atoms with van der Waals surface area (Å²) in [6.45, 7) is 0.524.